The Morgan fingerprint density at radius 3 is 2.27 bits per heavy atom. The molecule has 0 aliphatic carbocycles. The van der Waals surface area contributed by atoms with Crippen molar-refractivity contribution >= 4 is 17.6 Å². The molecule has 1 aliphatic rings. The molecule has 1 aromatic rings. The molecule has 22 heavy (non-hydrogen) atoms. The van der Waals surface area contributed by atoms with Crippen LogP contribution in [0.4, 0.5) is 5.69 Å². The number of amides is 1. The first-order chi connectivity index (χ1) is 10.4. The summed E-state index contributed by atoms with van der Waals surface area (Å²) in [5, 5.41) is 9.77. The van der Waals surface area contributed by atoms with Gasteiger partial charge in [-0.25, -0.2) is 4.79 Å². The quantitative estimate of drug-likeness (QED) is 0.656. The molecule has 1 N–H and O–H groups in total. The zero-order chi connectivity index (χ0) is 16.4. The molecule has 0 aromatic heterocycles. The smallest absolute Gasteiger partial charge is 0.330 e. The van der Waals surface area contributed by atoms with E-state index in [-0.39, 0.29) is 12.0 Å². The fourth-order valence-corrected chi connectivity index (χ4v) is 2.57. The first kappa shape index (κ1) is 16.3. The highest BCUT2D eigenvalue weighted by atomic mass is 16.5. The Balaban J connectivity index is 2.27. The summed E-state index contributed by atoms with van der Waals surface area (Å²) < 4.78 is 10.3. The molecule has 2 rings (SSSR count). The Labute approximate surface area is 129 Å². The Hall–Kier alpha value is -2.08. The second-order valence-electron chi connectivity index (χ2n) is 5.60. The molecule has 0 unspecified atom stereocenters. The van der Waals surface area contributed by atoms with E-state index in [1.54, 1.807) is 45.2 Å². The molecule has 1 amide bonds. The van der Waals surface area contributed by atoms with Crippen molar-refractivity contribution in [3.8, 4) is 5.75 Å². The highest BCUT2D eigenvalue weighted by Gasteiger charge is 2.55. The first-order valence-corrected chi connectivity index (χ1v) is 7.22. The SMILES string of the molecule is COc1ccc(N2C(=O)[C@H]([C@@H](C)O)[C@H]2C(=O)OC(C)C)cc1. The van der Waals surface area contributed by atoms with Gasteiger partial charge in [0.05, 0.1) is 25.2 Å². The normalized spacial score (nSPS) is 22.3. The number of carbonyl (C=O) groups excluding carboxylic acids is 2. The maximum absolute atomic E-state index is 12.3. The number of rotatable bonds is 5. The summed E-state index contributed by atoms with van der Waals surface area (Å²) in [5.41, 5.74) is 0.577. The van der Waals surface area contributed by atoms with Crippen molar-refractivity contribution in [1.82, 2.24) is 0 Å². The Morgan fingerprint density at radius 2 is 1.82 bits per heavy atom. The third kappa shape index (κ3) is 2.92. The molecule has 120 valence electrons. The minimum Gasteiger partial charge on any atom is -0.497 e. The van der Waals surface area contributed by atoms with Crippen LogP contribution >= 0.6 is 0 Å². The summed E-state index contributed by atoms with van der Waals surface area (Å²) >= 11 is 0. The molecular weight excluding hydrogens is 286 g/mol. The van der Waals surface area contributed by atoms with Gasteiger partial charge in [0.1, 0.15) is 11.8 Å². The Kier molecular flexibility index (Phi) is 4.71. The van der Waals surface area contributed by atoms with Gasteiger partial charge in [-0.1, -0.05) is 0 Å². The van der Waals surface area contributed by atoms with Crippen LogP contribution in [-0.4, -0.2) is 42.3 Å². The number of aliphatic hydroxyl groups is 1. The zero-order valence-corrected chi connectivity index (χ0v) is 13.1. The molecule has 6 heteroatoms. The molecule has 0 bridgehead atoms. The monoisotopic (exact) mass is 307 g/mol. The largest absolute Gasteiger partial charge is 0.497 e. The first-order valence-electron chi connectivity index (χ1n) is 7.22. The van der Waals surface area contributed by atoms with Crippen molar-refractivity contribution in [1.29, 1.82) is 0 Å². The van der Waals surface area contributed by atoms with Gasteiger partial charge in [0.2, 0.25) is 5.91 Å². The zero-order valence-electron chi connectivity index (χ0n) is 13.1. The van der Waals surface area contributed by atoms with E-state index in [2.05, 4.69) is 0 Å². The minimum atomic E-state index is -0.910. The van der Waals surface area contributed by atoms with E-state index in [9.17, 15) is 14.7 Å². The molecule has 1 heterocycles. The fraction of sp³-hybridized carbons (Fsp3) is 0.500. The lowest BCUT2D eigenvalue weighted by atomic mass is 9.82. The Morgan fingerprint density at radius 1 is 1.23 bits per heavy atom. The van der Waals surface area contributed by atoms with Crippen molar-refractivity contribution in [2.24, 2.45) is 5.92 Å². The van der Waals surface area contributed by atoms with E-state index in [4.69, 9.17) is 9.47 Å². The maximum Gasteiger partial charge on any atom is 0.330 e. The molecular formula is C16H21NO5. The van der Waals surface area contributed by atoms with E-state index >= 15 is 0 Å². The number of ether oxygens (including phenoxy) is 2. The lowest BCUT2D eigenvalue weighted by molar-refractivity contribution is -0.160. The summed E-state index contributed by atoms with van der Waals surface area (Å²) in [4.78, 5) is 25.9. The number of hydrogen-bond acceptors (Lipinski definition) is 5. The van der Waals surface area contributed by atoms with Crippen LogP contribution in [0.3, 0.4) is 0 Å². The van der Waals surface area contributed by atoms with Crippen LogP contribution in [0.25, 0.3) is 0 Å². The maximum atomic E-state index is 12.3. The fourth-order valence-electron chi connectivity index (χ4n) is 2.57. The predicted octanol–water partition coefficient (Wildman–Crippen LogP) is 1.36. The van der Waals surface area contributed by atoms with Crippen LogP contribution < -0.4 is 9.64 Å². The molecule has 1 saturated heterocycles. The van der Waals surface area contributed by atoms with Crippen molar-refractivity contribution < 1.29 is 24.2 Å². The van der Waals surface area contributed by atoms with Gasteiger partial charge in [0.25, 0.3) is 0 Å². The number of carbonyl (C=O) groups is 2. The van der Waals surface area contributed by atoms with E-state index in [0.29, 0.717) is 11.4 Å². The van der Waals surface area contributed by atoms with Crippen LogP contribution in [0, 0.1) is 5.92 Å². The summed E-state index contributed by atoms with van der Waals surface area (Å²) in [6.07, 6.45) is -1.19. The molecule has 1 aromatic carbocycles. The molecule has 1 aliphatic heterocycles. The number of benzene rings is 1. The minimum absolute atomic E-state index is 0.282. The van der Waals surface area contributed by atoms with E-state index in [1.807, 2.05) is 0 Å². The van der Waals surface area contributed by atoms with Crippen molar-refractivity contribution in [3.05, 3.63) is 24.3 Å². The van der Waals surface area contributed by atoms with Gasteiger partial charge in [-0.2, -0.15) is 0 Å². The topological polar surface area (TPSA) is 76.1 Å². The van der Waals surface area contributed by atoms with Gasteiger partial charge >= 0.3 is 5.97 Å². The number of anilines is 1. The molecule has 1 fully saturated rings. The summed E-state index contributed by atoms with van der Waals surface area (Å²) in [6, 6.07) is 6.02. The van der Waals surface area contributed by atoms with Crippen LogP contribution in [-0.2, 0) is 14.3 Å². The van der Waals surface area contributed by atoms with Crippen molar-refractivity contribution in [2.75, 3.05) is 12.0 Å². The van der Waals surface area contributed by atoms with Crippen molar-refractivity contribution in [2.45, 2.75) is 39.0 Å². The highest BCUT2D eigenvalue weighted by Crippen LogP contribution is 2.36. The Bertz CT molecular complexity index is 552. The molecule has 0 radical (unpaired) electrons. The standard InChI is InChI=1S/C16H21NO5/c1-9(2)22-16(20)14-13(10(3)18)15(19)17(14)11-5-7-12(21-4)8-6-11/h5-10,13-14,18H,1-4H3/t10-,13-,14+/m1/s1. The summed E-state index contributed by atoms with van der Waals surface area (Å²) in [5.74, 6) is -0.902. The van der Waals surface area contributed by atoms with Crippen molar-refractivity contribution in [3.63, 3.8) is 0 Å². The van der Waals surface area contributed by atoms with E-state index in [1.165, 1.54) is 11.8 Å². The van der Waals surface area contributed by atoms with Gasteiger partial charge in [-0.05, 0) is 45.0 Å². The molecule has 6 nitrogen and oxygen atoms in total. The second kappa shape index (κ2) is 6.36. The van der Waals surface area contributed by atoms with Crippen LogP contribution in [0.1, 0.15) is 20.8 Å². The predicted molar refractivity (Wildman–Crippen MR) is 80.7 cm³/mol. The molecule has 3 atom stereocenters. The van der Waals surface area contributed by atoms with Crippen LogP contribution in [0.5, 0.6) is 5.75 Å². The third-order valence-corrected chi connectivity index (χ3v) is 3.60. The number of β-lactam (4-membered cyclic amide) rings is 1. The number of methoxy groups -OCH3 is 1. The number of esters is 1. The lowest BCUT2D eigenvalue weighted by Crippen LogP contribution is -2.68. The average molecular weight is 307 g/mol. The summed E-state index contributed by atoms with van der Waals surface area (Å²) in [7, 11) is 1.55. The van der Waals surface area contributed by atoms with Gasteiger partial charge in [-0.3, -0.25) is 9.69 Å². The van der Waals surface area contributed by atoms with E-state index < -0.39 is 24.0 Å². The number of aliphatic hydroxyl groups excluding tert-OH is 1. The highest BCUT2D eigenvalue weighted by molar-refractivity contribution is 6.11. The summed E-state index contributed by atoms with van der Waals surface area (Å²) in [6.45, 7) is 4.99. The van der Waals surface area contributed by atoms with Gasteiger partial charge in [0, 0.05) is 5.69 Å². The van der Waals surface area contributed by atoms with Crippen LogP contribution in [0.2, 0.25) is 0 Å². The lowest BCUT2D eigenvalue weighted by Gasteiger charge is -2.46. The molecule has 0 spiro atoms. The number of hydrogen-bond donors (Lipinski definition) is 1. The van der Waals surface area contributed by atoms with Gasteiger partial charge < -0.3 is 14.6 Å². The van der Waals surface area contributed by atoms with E-state index in [0.717, 1.165) is 0 Å². The van der Waals surface area contributed by atoms with Crippen LogP contribution in [0.15, 0.2) is 24.3 Å². The second-order valence-corrected chi connectivity index (χ2v) is 5.60. The third-order valence-electron chi connectivity index (χ3n) is 3.60. The van der Waals surface area contributed by atoms with Gasteiger partial charge in [-0.15, -0.1) is 0 Å². The van der Waals surface area contributed by atoms with Gasteiger partial charge in [0.15, 0.2) is 0 Å². The molecule has 0 saturated carbocycles. The number of nitrogens with zero attached hydrogens (tertiary/aromatic N) is 1. The average Bonchev–Trinajstić information content (AvgIpc) is 2.44.